The third kappa shape index (κ3) is 4.29. The molecule has 15 heavy (non-hydrogen) atoms. The first-order valence-corrected chi connectivity index (χ1v) is 5.37. The smallest absolute Gasteiger partial charge is 0.239 e. The largest absolute Gasteiger partial charge is 0.350 e. The molecule has 0 aliphatic carbocycles. The lowest BCUT2D eigenvalue weighted by Gasteiger charge is -2.30. The molecule has 0 spiro atoms. The lowest BCUT2D eigenvalue weighted by atomic mass is 10.00. The van der Waals surface area contributed by atoms with Crippen LogP contribution in [-0.4, -0.2) is 37.0 Å². The fraction of sp³-hybridized carbons (Fsp3) is 0.800. The van der Waals surface area contributed by atoms with Gasteiger partial charge in [0.25, 0.3) is 0 Å². The quantitative estimate of drug-likeness (QED) is 0.585. The Balaban J connectivity index is 2.26. The van der Waals surface area contributed by atoms with E-state index >= 15 is 0 Å². The van der Waals surface area contributed by atoms with Crippen LogP contribution in [0.3, 0.4) is 0 Å². The zero-order valence-corrected chi connectivity index (χ0v) is 9.30. The maximum atomic E-state index is 11.4. The summed E-state index contributed by atoms with van der Waals surface area (Å²) >= 11 is 0. The van der Waals surface area contributed by atoms with Crippen LogP contribution in [0.25, 0.3) is 0 Å². The third-order valence-corrected chi connectivity index (χ3v) is 2.61. The van der Waals surface area contributed by atoms with Gasteiger partial charge in [0.1, 0.15) is 0 Å². The minimum atomic E-state index is -0.181. The van der Waals surface area contributed by atoms with Gasteiger partial charge >= 0.3 is 0 Å². The molecule has 2 amide bonds. The van der Waals surface area contributed by atoms with Gasteiger partial charge in [-0.3, -0.25) is 9.59 Å². The van der Waals surface area contributed by atoms with Gasteiger partial charge < -0.3 is 16.0 Å². The average molecular weight is 213 g/mol. The monoisotopic (exact) mass is 213 g/mol. The molecule has 1 fully saturated rings. The Labute approximate surface area is 90.0 Å². The molecule has 1 saturated heterocycles. The zero-order valence-electron chi connectivity index (χ0n) is 9.30. The molecule has 0 saturated carbocycles. The molecule has 1 rings (SSSR count). The van der Waals surface area contributed by atoms with Gasteiger partial charge in [0.2, 0.25) is 11.8 Å². The van der Waals surface area contributed by atoms with Gasteiger partial charge in [0.15, 0.2) is 0 Å². The van der Waals surface area contributed by atoms with E-state index in [2.05, 4.69) is 22.9 Å². The number of amides is 2. The molecule has 0 bridgehead atoms. The zero-order chi connectivity index (χ0) is 11.3. The second-order valence-corrected chi connectivity index (χ2v) is 3.97. The average Bonchev–Trinajstić information content (AvgIpc) is 2.18. The number of rotatable bonds is 3. The summed E-state index contributed by atoms with van der Waals surface area (Å²) in [5.74, 6) is -0.300. The van der Waals surface area contributed by atoms with Crippen LogP contribution < -0.4 is 16.0 Å². The van der Waals surface area contributed by atoms with Crippen molar-refractivity contribution in [3.8, 4) is 0 Å². The van der Waals surface area contributed by atoms with E-state index in [0.29, 0.717) is 6.04 Å². The van der Waals surface area contributed by atoms with Gasteiger partial charge in [0.05, 0.1) is 6.54 Å². The molecule has 2 unspecified atom stereocenters. The second kappa shape index (κ2) is 5.70. The first kappa shape index (κ1) is 12.0. The van der Waals surface area contributed by atoms with Gasteiger partial charge in [-0.25, -0.2) is 0 Å². The molecule has 3 N–H and O–H groups in total. The SMILES string of the molecule is CC(=O)NCC(=O)NC1CCCNC1C. The van der Waals surface area contributed by atoms with Gasteiger partial charge in [-0.1, -0.05) is 0 Å². The molecule has 86 valence electrons. The highest BCUT2D eigenvalue weighted by Gasteiger charge is 2.21. The number of carbonyl (C=O) groups excluding carboxylic acids is 2. The number of carbonyl (C=O) groups is 2. The van der Waals surface area contributed by atoms with E-state index in [9.17, 15) is 9.59 Å². The van der Waals surface area contributed by atoms with Gasteiger partial charge in [0, 0.05) is 19.0 Å². The molecule has 1 aliphatic rings. The van der Waals surface area contributed by atoms with Crippen molar-refractivity contribution in [2.24, 2.45) is 0 Å². The molecular weight excluding hydrogens is 194 g/mol. The third-order valence-electron chi connectivity index (χ3n) is 2.61. The van der Waals surface area contributed by atoms with Crippen molar-refractivity contribution in [1.29, 1.82) is 0 Å². The molecule has 1 aliphatic heterocycles. The number of hydrogen-bond acceptors (Lipinski definition) is 3. The number of piperidine rings is 1. The van der Waals surface area contributed by atoms with E-state index in [1.165, 1.54) is 6.92 Å². The Bertz CT molecular complexity index is 243. The first-order chi connectivity index (χ1) is 7.09. The van der Waals surface area contributed by atoms with Crippen LogP contribution in [0.5, 0.6) is 0 Å². The second-order valence-electron chi connectivity index (χ2n) is 3.97. The Hall–Kier alpha value is -1.10. The summed E-state index contributed by atoms with van der Waals surface area (Å²) in [7, 11) is 0. The minimum absolute atomic E-state index is 0.0680. The fourth-order valence-electron chi connectivity index (χ4n) is 1.70. The lowest BCUT2D eigenvalue weighted by Crippen LogP contribution is -2.53. The Morgan fingerprint density at radius 3 is 2.80 bits per heavy atom. The molecule has 5 heteroatoms. The van der Waals surface area contributed by atoms with Crippen molar-refractivity contribution in [1.82, 2.24) is 16.0 Å². The van der Waals surface area contributed by atoms with Crippen LogP contribution >= 0.6 is 0 Å². The van der Waals surface area contributed by atoms with Crippen molar-refractivity contribution in [2.75, 3.05) is 13.1 Å². The summed E-state index contributed by atoms with van der Waals surface area (Å²) in [4.78, 5) is 22.0. The summed E-state index contributed by atoms with van der Waals surface area (Å²) in [6, 6.07) is 0.486. The molecule has 5 nitrogen and oxygen atoms in total. The van der Waals surface area contributed by atoms with Crippen LogP contribution in [0.15, 0.2) is 0 Å². The van der Waals surface area contributed by atoms with Crippen LogP contribution in [0.1, 0.15) is 26.7 Å². The van der Waals surface area contributed by atoms with E-state index < -0.39 is 0 Å². The maximum Gasteiger partial charge on any atom is 0.239 e. The lowest BCUT2D eigenvalue weighted by molar-refractivity contribution is -0.125. The van der Waals surface area contributed by atoms with E-state index in [1.54, 1.807) is 0 Å². The number of hydrogen-bond donors (Lipinski definition) is 3. The number of nitrogens with one attached hydrogen (secondary N) is 3. The summed E-state index contributed by atoms with van der Waals surface area (Å²) in [5.41, 5.74) is 0. The normalized spacial score (nSPS) is 25.7. The fourth-order valence-corrected chi connectivity index (χ4v) is 1.70. The Kier molecular flexibility index (Phi) is 4.55. The molecule has 2 atom stereocenters. The van der Waals surface area contributed by atoms with Gasteiger partial charge in [-0.2, -0.15) is 0 Å². The highest BCUT2D eigenvalue weighted by Crippen LogP contribution is 2.07. The molecule has 0 aromatic heterocycles. The van der Waals surface area contributed by atoms with Crippen LogP contribution in [0, 0.1) is 0 Å². The van der Waals surface area contributed by atoms with E-state index in [4.69, 9.17) is 0 Å². The topological polar surface area (TPSA) is 70.2 Å². The van der Waals surface area contributed by atoms with Crippen LogP contribution in [-0.2, 0) is 9.59 Å². The van der Waals surface area contributed by atoms with Crippen molar-refractivity contribution in [3.63, 3.8) is 0 Å². The Morgan fingerprint density at radius 2 is 2.20 bits per heavy atom. The summed E-state index contributed by atoms with van der Waals surface area (Å²) < 4.78 is 0. The highest BCUT2D eigenvalue weighted by atomic mass is 16.2. The molecule has 0 radical (unpaired) electrons. The van der Waals surface area contributed by atoms with E-state index in [0.717, 1.165) is 19.4 Å². The molecular formula is C10H19N3O2. The van der Waals surface area contributed by atoms with Crippen LogP contribution in [0.2, 0.25) is 0 Å². The van der Waals surface area contributed by atoms with Crippen molar-refractivity contribution < 1.29 is 9.59 Å². The van der Waals surface area contributed by atoms with Crippen LogP contribution in [0.4, 0.5) is 0 Å². The molecule has 0 aromatic carbocycles. The minimum Gasteiger partial charge on any atom is -0.350 e. The van der Waals surface area contributed by atoms with Crippen molar-refractivity contribution in [3.05, 3.63) is 0 Å². The standard InChI is InChI=1S/C10H19N3O2/c1-7-9(4-3-5-11-7)13-10(15)6-12-8(2)14/h7,9,11H,3-6H2,1-2H3,(H,12,14)(H,13,15). The van der Waals surface area contributed by atoms with E-state index in [1.807, 2.05) is 0 Å². The summed E-state index contributed by atoms with van der Waals surface area (Å²) in [5, 5.41) is 8.69. The maximum absolute atomic E-state index is 11.4. The molecule has 0 aromatic rings. The van der Waals surface area contributed by atoms with Gasteiger partial charge in [-0.05, 0) is 26.3 Å². The summed E-state index contributed by atoms with van der Waals surface area (Å²) in [6.45, 7) is 4.54. The predicted octanol–water partition coefficient (Wildman–Crippen LogP) is -0.621. The van der Waals surface area contributed by atoms with E-state index in [-0.39, 0.29) is 24.4 Å². The van der Waals surface area contributed by atoms with Crippen molar-refractivity contribution in [2.45, 2.75) is 38.8 Å². The Morgan fingerprint density at radius 1 is 1.47 bits per heavy atom. The highest BCUT2D eigenvalue weighted by molar-refractivity contribution is 5.83. The predicted molar refractivity (Wildman–Crippen MR) is 57.3 cm³/mol. The van der Waals surface area contributed by atoms with Gasteiger partial charge in [-0.15, -0.1) is 0 Å². The summed E-state index contributed by atoms with van der Waals surface area (Å²) in [6.07, 6.45) is 2.08. The van der Waals surface area contributed by atoms with Crippen molar-refractivity contribution >= 4 is 11.8 Å². The first-order valence-electron chi connectivity index (χ1n) is 5.37. The molecule has 1 heterocycles.